The van der Waals surface area contributed by atoms with Crippen LogP contribution in [0.4, 0.5) is 0 Å². The number of likely N-dealkylation sites (N-methyl/N-ethyl adjacent to an activating group) is 1. The van der Waals surface area contributed by atoms with Crippen LogP contribution in [0.25, 0.3) is 16.7 Å². The maximum atomic E-state index is 15.3. The van der Waals surface area contributed by atoms with E-state index in [1.807, 2.05) is 12.1 Å². The summed E-state index contributed by atoms with van der Waals surface area (Å²) in [5, 5.41) is 42.6. The monoisotopic (exact) mass is 1660 g/mol. The predicted octanol–water partition coefficient (Wildman–Crippen LogP) is -8.87. The van der Waals surface area contributed by atoms with Crippen LogP contribution in [0.15, 0.2) is 73.3 Å². The van der Waals surface area contributed by atoms with Gasteiger partial charge in [0.05, 0.1) is 38.8 Å². The lowest BCUT2D eigenvalue weighted by atomic mass is 10.0. The summed E-state index contributed by atoms with van der Waals surface area (Å²) >= 11 is 0. The molecule has 44 heteroatoms. The van der Waals surface area contributed by atoms with E-state index in [2.05, 4.69) is 89.6 Å². The summed E-state index contributed by atoms with van der Waals surface area (Å²) < 4.78 is 10.4. The quantitative estimate of drug-likeness (QED) is 0.00644. The van der Waals surface area contributed by atoms with Crippen LogP contribution in [-0.2, 0) is 105 Å². The third-order valence-electron chi connectivity index (χ3n) is 19.3. The number of benzene rings is 2. The third kappa shape index (κ3) is 32.5. The van der Waals surface area contributed by atoms with Gasteiger partial charge in [0.15, 0.2) is 12.3 Å². The second kappa shape index (κ2) is 50.2. The van der Waals surface area contributed by atoms with E-state index in [0.29, 0.717) is 36.2 Å². The number of carbonyl (C=O) groups is 16. The third-order valence-corrected chi connectivity index (χ3v) is 19.3. The fraction of sp³-hybridized carbons (Fsp3) is 0.554. The Kier molecular flexibility index (Phi) is 40.6. The number of unbranched alkanes of at least 4 members (excludes halogenated alkanes) is 1. The number of H-pyrrole nitrogens is 2. The molecule has 2 fully saturated rings. The first-order valence-corrected chi connectivity index (χ1v) is 38.9. The molecule has 2 aliphatic heterocycles. The average Bonchev–Trinajstić information content (AvgIpc) is 1.66. The first kappa shape index (κ1) is 95.4. The van der Waals surface area contributed by atoms with Crippen LogP contribution in [0.5, 0.6) is 0 Å². The number of nitrogens with zero attached hydrogens (tertiary/aromatic N) is 3. The van der Waals surface area contributed by atoms with E-state index in [1.165, 1.54) is 31.5 Å². The molecule has 0 bridgehead atoms. The zero-order valence-corrected chi connectivity index (χ0v) is 66.3. The minimum atomic E-state index is -1.95. The Hall–Kier alpha value is -11.5. The van der Waals surface area contributed by atoms with Gasteiger partial charge in [0, 0.05) is 100 Å². The molecule has 1 unspecified atom stereocenters. The standard InChI is InChI=1S/C74H113N25O19/c1-4-5-17-50(92-73(115)59(97(2)3)37-84-65(107)56(33-45-36-80-42-85-45)95-68(110)52(21-23-60(75)102)91-71(113)57(40-100)88-62(104)38-83-63(105)41-118-30-29-117-28-27-86-77)66(108)93-53-22-24-61(103)81-25-12-11-19-49(64(76)106)89-70(112)55(32-44-35-82-48-18-10-9-16-47(44)48)94-67(109)51(20-13-26-87-99(78)79)90-69(111)54(31-43-14-7-6-8-15-43)96-72(114)58-34-46(101)39-98(58)74(53)116/h6-10,14-16,18,35-36,40,42,46,49-59,78,82,86-87,99,101H,4-5,11-13,17,19-34,37-39,41,77,79H2,1-3H3,(H2,75,102)(H2,76,106)(H,80,85)(H,81,103)(H,83,105)(H,84,107)(H,88,104)(H,89,112)(H,90,111)(H,91,113)(H,92,115)(H,93,108)(H,94,109)(H,95,110)(H,96,114)/t46-,49+,50+,51+,52+,53+,54-,55+,56+,57+,58+,59+/m1/s1. The van der Waals surface area contributed by atoms with Gasteiger partial charge in [0.25, 0.3) is 5.91 Å². The molecule has 15 amide bonds. The zero-order chi connectivity index (χ0) is 86.2. The molecule has 4 heterocycles. The number of ether oxygens (including phenoxy) is 2. The molecule has 648 valence electrons. The van der Waals surface area contributed by atoms with Gasteiger partial charge in [-0.15, -0.1) is 0 Å². The van der Waals surface area contributed by atoms with Gasteiger partial charge in [-0.25, -0.2) is 4.98 Å². The van der Waals surface area contributed by atoms with Crippen molar-refractivity contribution in [1.29, 1.82) is 0 Å². The number of aromatic nitrogens is 3. The lowest BCUT2D eigenvalue weighted by molar-refractivity contribution is -0.909. The Morgan fingerprint density at radius 3 is 2.11 bits per heavy atom. The number of fused-ring (bicyclic) bond motifs is 2. The number of hydrazine groups is 1. The number of amides is 15. The van der Waals surface area contributed by atoms with Gasteiger partial charge in [-0.3, -0.25) is 93.3 Å². The van der Waals surface area contributed by atoms with Gasteiger partial charge < -0.3 is 115 Å². The highest BCUT2D eigenvalue weighted by molar-refractivity contribution is 6.03. The molecule has 118 heavy (non-hydrogen) atoms. The highest BCUT2D eigenvalue weighted by Gasteiger charge is 2.44. The number of aliphatic hydroxyl groups is 1. The van der Waals surface area contributed by atoms with Crippen LogP contribution < -0.4 is 103 Å². The topological polar surface area (TPSA) is 663 Å². The number of para-hydroxylation sites is 1. The Bertz CT molecular complexity index is 4000. The van der Waals surface area contributed by atoms with E-state index in [0.717, 1.165) is 15.8 Å². The summed E-state index contributed by atoms with van der Waals surface area (Å²) in [7, 11) is 2.97. The number of quaternary nitrogens is 1. The summed E-state index contributed by atoms with van der Waals surface area (Å²) in [4.78, 5) is 235. The van der Waals surface area contributed by atoms with Gasteiger partial charge in [-0.05, 0) is 82.7 Å². The predicted molar refractivity (Wildman–Crippen MR) is 421 cm³/mol. The van der Waals surface area contributed by atoms with Crippen molar-refractivity contribution in [2.75, 3.05) is 79.8 Å². The molecule has 2 aromatic carbocycles. The molecule has 2 saturated heterocycles. The number of nitrogens with one attached hydrogen (secondary N) is 18. The fourth-order valence-electron chi connectivity index (χ4n) is 12.9. The van der Waals surface area contributed by atoms with Gasteiger partial charge >= 0.3 is 0 Å². The number of nitrogens with two attached hydrogens (primary N) is 4. The van der Waals surface area contributed by atoms with Crippen LogP contribution in [0.3, 0.4) is 0 Å². The number of carbonyl (C=O) groups excluding carboxylic acids is 16. The fourth-order valence-corrected chi connectivity index (χ4v) is 12.9. The molecule has 6 rings (SSSR count). The number of hydrogen-bond acceptors (Lipinski definition) is 25. The number of aromatic amines is 2. The van der Waals surface area contributed by atoms with Crippen molar-refractivity contribution >= 4 is 106 Å². The lowest BCUT2D eigenvalue weighted by Gasteiger charge is -2.31. The minimum absolute atomic E-state index is 0.00367. The van der Waals surface area contributed by atoms with E-state index < -0.39 is 213 Å². The molecule has 13 atom stereocenters. The zero-order valence-electron chi connectivity index (χ0n) is 66.3. The van der Waals surface area contributed by atoms with Crippen LogP contribution in [0, 0.1) is 0 Å². The van der Waals surface area contributed by atoms with E-state index >= 15 is 4.79 Å². The molecule has 2 aliphatic rings. The summed E-state index contributed by atoms with van der Waals surface area (Å²) in [6, 6.07) is -1.11. The summed E-state index contributed by atoms with van der Waals surface area (Å²) in [5.41, 5.74) is 18.5. The number of aliphatic hydroxyl groups excluding tert-OH is 1. The molecule has 2 aromatic heterocycles. The molecule has 0 aliphatic carbocycles. The highest BCUT2D eigenvalue weighted by Crippen LogP contribution is 2.23. The molecule has 4 aromatic rings. The van der Waals surface area contributed by atoms with Gasteiger partial charge in [0.1, 0.15) is 67.0 Å². The van der Waals surface area contributed by atoms with Crippen molar-refractivity contribution in [3.05, 3.63) is 96.0 Å². The van der Waals surface area contributed by atoms with Crippen LogP contribution >= 0.6 is 0 Å². The van der Waals surface area contributed by atoms with E-state index in [1.54, 1.807) is 55.6 Å². The van der Waals surface area contributed by atoms with Gasteiger partial charge in [-0.1, -0.05) is 68.3 Å². The first-order chi connectivity index (χ1) is 56.5. The van der Waals surface area contributed by atoms with Crippen molar-refractivity contribution in [3.63, 3.8) is 0 Å². The van der Waals surface area contributed by atoms with Crippen LogP contribution in [0.2, 0.25) is 0 Å². The number of aldehydes is 1. The second-order valence-electron chi connectivity index (χ2n) is 28.6. The number of hydrogen-bond donors (Lipinski definition) is 22. The average molecular weight is 1660 g/mol. The van der Waals surface area contributed by atoms with E-state index in [-0.39, 0.29) is 109 Å². The molecule has 44 nitrogen and oxygen atoms in total. The van der Waals surface area contributed by atoms with Crippen molar-refractivity contribution in [1.82, 2.24) is 99.4 Å². The molecule has 0 radical (unpaired) electrons. The van der Waals surface area contributed by atoms with Crippen molar-refractivity contribution < 1.29 is 96.5 Å². The molecule has 0 saturated carbocycles. The molecular formula is C74H113N25O19. The largest absolute Gasteiger partial charge is 0.427 e. The van der Waals surface area contributed by atoms with E-state index in [9.17, 15) is 77.0 Å². The number of primary amides is 2. The molecule has 27 N–H and O–H groups in total. The SMILES string of the molecule is CCCC[C@H](NC(=O)[C@H](CNC(=O)[C@H](Cc1cnc[nH]1)NC(=O)[C@H](CCC(N)=O)NC(=O)[C@H](C=O)NC(=O)CNC(=O)COCCOCCNN)N(C)C)C(=O)N[C@H]1CCC(=O)NCCCC[C@@H](C(N)=O)NC(=O)[C@H](Cc2c[nH]c3ccccc23)NC(=O)[C@H](CCCN[NH+]([NH-])N)NC(=O)[C@@H](Cc2ccccc2)NC(=O)[C@@H]2C[C@@H](O)CN2C1=O. The Labute approximate surface area is 680 Å². The van der Waals surface area contributed by atoms with Gasteiger partial charge in [0.2, 0.25) is 82.7 Å². The van der Waals surface area contributed by atoms with Crippen LogP contribution in [0.1, 0.15) is 107 Å². The highest BCUT2D eigenvalue weighted by atomic mass is 16.5. The van der Waals surface area contributed by atoms with Crippen molar-refractivity contribution in [2.24, 2.45) is 23.2 Å². The normalized spacial score (nSPS) is 20.2. The maximum Gasteiger partial charge on any atom is 0.250 e. The van der Waals surface area contributed by atoms with Crippen molar-refractivity contribution in [3.8, 4) is 0 Å². The summed E-state index contributed by atoms with van der Waals surface area (Å²) in [5.74, 6) is 4.84. The van der Waals surface area contributed by atoms with E-state index in [4.69, 9.17) is 38.5 Å². The summed E-state index contributed by atoms with van der Waals surface area (Å²) in [6.07, 6.45) is 1.25. The van der Waals surface area contributed by atoms with Crippen LogP contribution in [-0.4, -0.2) is 277 Å². The number of imidazole rings is 1. The number of rotatable bonds is 42. The second-order valence-corrected chi connectivity index (χ2v) is 28.6. The minimum Gasteiger partial charge on any atom is -0.427 e. The van der Waals surface area contributed by atoms with Crippen molar-refractivity contribution in [2.45, 2.75) is 182 Å². The molecule has 0 spiro atoms. The first-order valence-electron chi connectivity index (χ1n) is 38.9. The Balaban J connectivity index is 1.23. The summed E-state index contributed by atoms with van der Waals surface area (Å²) in [6.45, 7) is 0.541. The Morgan fingerprint density at radius 1 is 0.737 bits per heavy atom. The lowest BCUT2D eigenvalue weighted by Crippen LogP contribution is -3.18. The molecular weight excluding hydrogens is 1540 g/mol. The maximum absolute atomic E-state index is 15.3. The van der Waals surface area contributed by atoms with Gasteiger partial charge in [-0.2, -0.15) is 11.3 Å². The smallest absolute Gasteiger partial charge is 0.250 e. The Morgan fingerprint density at radius 2 is 1.42 bits per heavy atom.